The Labute approximate surface area is 213 Å². The molecule has 2 aromatic carbocycles. The van der Waals surface area contributed by atoms with Gasteiger partial charge in [-0.15, -0.1) is 0 Å². The summed E-state index contributed by atoms with van der Waals surface area (Å²) >= 11 is 0. The van der Waals surface area contributed by atoms with Gasteiger partial charge in [-0.05, 0) is 81.2 Å². The van der Waals surface area contributed by atoms with E-state index in [0.717, 1.165) is 18.5 Å². The number of carbonyl (C=O) groups excluding carboxylic acids is 1. The van der Waals surface area contributed by atoms with Crippen LogP contribution in [0.3, 0.4) is 0 Å². The van der Waals surface area contributed by atoms with Crippen molar-refractivity contribution in [2.24, 2.45) is 0 Å². The van der Waals surface area contributed by atoms with Gasteiger partial charge in [0.1, 0.15) is 0 Å². The molecule has 0 aromatic heterocycles. The van der Waals surface area contributed by atoms with Gasteiger partial charge >= 0.3 is 6.03 Å². The molecule has 0 heterocycles. The third kappa shape index (κ3) is 6.20. The van der Waals surface area contributed by atoms with E-state index in [4.69, 9.17) is 0 Å². The fourth-order valence-electron chi connectivity index (χ4n) is 5.90. The Hall–Kier alpha value is -2.49. The van der Waals surface area contributed by atoms with Crippen LogP contribution >= 0.6 is 0 Å². The van der Waals surface area contributed by atoms with E-state index in [9.17, 15) is 4.79 Å². The summed E-state index contributed by atoms with van der Waals surface area (Å²) in [6.07, 6.45) is 4.65. The fraction of sp³-hybridized carbons (Fsp3) is 0.581. The van der Waals surface area contributed by atoms with E-state index < -0.39 is 0 Å². The molecule has 2 aromatic rings. The molecule has 1 aliphatic carbocycles. The van der Waals surface area contributed by atoms with Gasteiger partial charge in [-0.3, -0.25) is 0 Å². The molecule has 1 fully saturated rings. The van der Waals surface area contributed by atoms with Gasteiger partial charge in [0.2, 0.25) is 0 Å². The van der Waals surface area contributed by atoms with Gasteiger partial charge in [0.15, 0.2) is 0 Å². The summed E-state index contributed by atoms with van der Waals surface area (Å²) in [6.45, 7) is 18.4. The highest BCUT2D eigenvalue weighted by Crippen LogP contribution is 2.41. The molecule has 3 rings (SSSR count). The molecule has 2 N–H and O–H groups in total. The van der Waals surface area contributed by atoms with Crippen molar-refractivity contribution < 1.29 is 4.79 Å². The van der Waals surface area contributed by atoms with Crippen LogP contribution in [0.2, 0.25) is 0 Å². The van der Waals surface area contributed by atoms with Crippen LogP contribution in [0.5, 0.6) is 0 Å². The van der Waals surface area contributed by atoms with Gasteiger partial charge < -0.3 is 15.5 Å². The monoisotopic (exact) mass is 477 g/mol. The Bertz CT molecular complexity index is 935. The molecule has 0 bridgehead atoms. The lowest BCUT2D eigenvalue weighted by Crippen LogP contribution is -2.41. The second kappa shape index (κ2) is 11.5. The minimum absolute atomic E-state index is 0.00874. The number of benzene rings is 2. The maximum atomic E-state index is 13.2. The van der Waals surface area contributed by atoms with Crippen molar-refractivity contribution in [1.82, 2.24) is 5.32 Å². The number of hydrogen-bond donors (Lipinski definition) is 2. The van der Waals surface area contributed by atoms with Gasteiger partial charge in [-0.1, -0.05) is 70.9 Å². The highest BCUT2D eigenvalue weighted by atomic mass is 16.2. The second-order valence-corrected chi connectivity index (χ2v) is 11.6. The van der Waals surface area contributed by atoms with E-state index in [2.05, 4.69) is 113 Å². The molecule has 4 heteroatoms. The van der Waals surface area contributed by atoms with Crippen molar-refractivity contribution in [1.29, 1.82) is 0 Å². The summed E-state index contributed by atoms with van der Waals surface area (Å²) in [5.74, 6) is 0.694. The number of amides is 2. The number of nitrogens with one attached hydrogen (secondary N) is 2. The summed E-state index contributed by atoms with van der Waals surface area (Å²) in [5, 5.41) is 6.48. The van der Waals surface area contributed by atoms with Crippen molar-refractivity contribution in [3.05, 3.63) is 59.2 Å². The zero-order valence-electron chi connectivity index (χ0n) is 23.2. The second-order valence-electron chi connectivity index (χ2n) is 11.6. The molecule has 0 saturated heterocycles. The van der Waals surface area contributed by atoms with Crippen molar-refractivity contribution >= 4 is 17.4 Å². The van der Waals surface area contributed by atoms with Crippen LogP contribution in [0.4, 0.5) is 16.2 Å². The van der Waals surface area contributed by atoms with Gasteiger partial charge in [0, 0.05) is 35.4 Å². The largest absolute Gasteiger partial charge is 0.367 e. The van der Waals surface area contributed by atoms with Gasteiger partial charge in [0.05, 0.1) is 0 Å². The Morgan fingerprint density at radius 3 is 1.80 bits per heavy atom. The number of carbonyl (C=O) groups is 1. The van der Waals surface area contributed by atoms with Crippen LogP contribution in [-0.4, -0.2) is 24.7 Å². The van der Waals surface area contributed by atoms with Crippen molar-refractivity contribution in [3.63, 3.8) is 0 Å². The topological polar surface area (TPSA) is 44.4 Å². The predicted molar refractivity (Wildman–Crippen MR) is 151 cm³/mol. The van der Waals surface area contributed by atoms with Crippen molar-refractivity contribution in [2.45, 2.75) is 110 Å². The maximum absolute atomic E-state index is 13.2. The minimum Gasteiger partial charge on any atom is -0.367 e. The molecule has 0 aliphatic heterocycles. The molecule has 2 amide bonds. The van der Waals surface area contributed by atoms with E-state index in [-0.39, 0.29) is 11.4 Å². The normalized spacial score (nSPS) is 15.3. The Morgan fingerprint density at radius 2 is 1.34 bits per heavy atom. The molecule has 0 spiro atoms. The quantitative estimate of drug-likeness (QED) is 0.382. The van der Waals surface area contributed by atoms with Crippen molar-refractivity contribution in [2.75, 3.05) is 16.8 Å². The summed E-state index contributed by atoms with van der Waals surface area (Å²) in [4.78, 5) is 15.6. The van der Waals surface area contributed by atoms with E-state index in [0.29, 0.717) is 30.5 Å². The van der Waals surface area contributed by atoms with E-state index >= 15 is 0 Å². The standard InChI is InChI=1S/C31H47N3O/c1-21(2)27-12-11-13-28(22(3)4)29(27)33-30(35)32-20-31(18-9-10-19-31)25-14-16-26(17-15-25)34(23(5)6)24(7)8/h11-17,21-24H,9-10,18-20H2,1-8H3,(H2,32,33,35). The number of hydrogen-bond acceptors (Lipinski definition) is 2. The first-order chi connectivity index (χ1) is 16.6. The van der Waals surface area contributed by atoms with E-state index in [1.165, 1.54) is 35.2 Å². The maximum Gasteiger partial charge on any atom is 0.319 e. The number of anilines is 2. The first-order valence-electron chi connectivity index (χ1n) is 13.6. The summed E-state index contributed by atoms with van der Waals surface area (Å²) < 4.78 is 0. The van der Waals surface area contributed by atoms with Crippen LogP contribution in [0.25, 0.3) is 0 Å². The first kappa shape index (κ1) is 27.1. The zero-order chi connectivity index (χ0) is 25.8. The summed E-state index contributed by atoms with van der Waals surface area (Å²) in [7, 11) is 0. The average Bonchev–Trinajstić information content (AvgIpc) is 3.28. The van der Waals surface area contributed by atoms with Crippen LogP contribution in [0.1, 0.15) is 110 Å². The van der Waals surface area contributed by atoms with Gasteiger partial charge in [-0.25, -0.2) is 4.79 Å². The zero-order valence-corrected chi connectivity index (χ0v) is 23.2. The van der Waals surface area contributed by atoms with Crippen molar-refractivity contribution in [3.8, 4) is 0 Å². The molecular formula is C31H47N3O. The molecule has 0 radical (unpaired) electrons. The SMILES string of the molecule is CC(C)c1cccc(C(C)C)c1NC(=O)NCC1(c2ccc(N(C(C)C)C(C)C)cc2)CCCC1. The molecule has 0 atom stereocenters. The third-order valence-corrected chi connectivity index (χ3v) is 7.65. The first-order valence-corrected chi connectivity index (χ1v) is 13.6. The smallest absolute Gasteiger partial charge is 0.319 e. The van der Waals surface area contributed by atoms with Gasteiger partial charge in [-0.2, -0.15) is 0 Å². The van der Waals surface area contributed by atoms with Crippen LogP contribution in [-0.2, 0) is 5.41 Å². The number of para-hydroxylation sites is 1. The number of rotatable bonds is 9. The number of nitrogens with zero attached hydrogens (tertiary/aromatic N) is 1. The lowest BCUT2D eigenvalue weighted by molar-refractivity contribution is 0.248. The lowest BCUT2D eigenvalue weighted by atomic mass is 9.78. The van der Waals surface area contributed by atoms with Crippen LogP contribution in [0.15, 0.2) is 42.5 Å². The average molecular weight is 478 g/mol. The Balaban J connectivity index is 1.77. The predicted octanol–water partition coefficient (Wildman–Crippen LogP) is 8.19. The van der Waals surface area contributed by atoms with Crippen LogP contribution in [0, 0.1) is 0 Å². The fourth-order valence-corrected chi connectivity index (χ4v) is 5.90. The van der Waals surface area contributed by atoms with E-state index in [1.54, 1.807) is 0 Å². The minimum atomic E-state index is -0.103. The molecule has 35 heavy (non-hydrogen) atoms. The molecule has 0 unspecified atom stereocenters. The highest BCUT2D eigenvalue weighted by molar-refractivity contribution is 5.91. The molecule has 1 aliphatic rings. The molecule has 4 nitrogen and oxygen atoms in total. The number of urea groups is 1. The van der Waals surface area contributed by atoms with Crippen LogP contribution < -0.4 is 15.5 Å². The van der Waals surface area contributed by atoms with Gasteiger partial charge in [0.25, 0.3) is 0 Å². The lowest BCUT2D eigenvalue weighted by Gasteiger charge is -2.34. The summed E-state index contributed by atoms with van der Waals surface area (Å²) in [5.41, 5.74) is 5.98. The summed E-state index contributed by atoms with van der Waals surface area (Å²) in [6, 6.07) is 16.3. The Kier molecular flexibility index (Phi) is 8.90. The molecular weight excluding hydrogens is 430 g/mol. The van der Waals surface area contributed by atoms with E-state index in [1.807, 2.05) is 0 Å². The Morgan fingerprint density at radius 1 is 0.829 bits per heavy atom. The molecule has 1 saturated carbocycles. The highest BCUT2D eigenvalue weighted by Gasteiger charge is 2.36. The molecule has 192 valence electrons. The third-order valence-electron chi connectivity index (χ3n) is 7.65.